The average molecular weight is 260 g/mol. The Hall–Kier alpha value is -1.43. The van der Waals surface area contributed by atoms with Gasteiger partial charge in [0.25, 0.3) is 0 Å². The van der Waals surface area contributed by atoms with Crippen molar-refractivity contribution in [2.45, 2.75) is 20.3 Å². The highest BCUT2D eigenvalue weighted by Crippen LogP contribution is 2.19. The van der Waals surface area contributed by atoms with E-state index in [4.69, 9.17) is 9.47 Å². The summed E-state index contributed by atoms with van der Waals surface area (Å²) in [6.07, 6.45) is 0.140. The van der Waals surface area contributed by atoms with Crippen molar-refractivity contribution < 1.29 is 28.6 Å². The fraction of sp³-hybridized carbons (Fsp3) is 0.750. The van der Waals surface area contributed by atoms with Crippen molar-refractivity contribution in [3.05, 3.63) is 0 Å². The first-order valence-corrected chi connectivity index (χ1v) is 5.79. The number of carbonyl (C=O) groups is 3. The highest BCUT2D eigenvalue weighted by molar-refractivity contribution is 6.02. The number of hydrogen-bond donors (Lipinski definition) is 0. The largest absolute Gasteiger partial charge is 0.469 e. The summed E-state index contributed by atoms with van der Waals surface area (Å²) in [4.78, 5) is 35.2. The van der Waals surface area contributed by atoms with Gasteiger partial charge >= 0.3 is 11.9 Å². The van der Waals surface area contributed by atoms with Crippen LogP contribution in [-0.4, -0.2) is 45.2 Å². The molecule has 0 aliphatic heterocycles. The number of methoxy groups -OCH3 is 2. The quantitative estimate of drug-likeness (QED) is 0.469. The van der Waals surface area contributed by atoms with E-state index in [1.807, 2.05) is 0 Å². The lowest BCUT2D eigenvalue weighted by molar-refractivity contribution is -0.164. The summed E-state index contributed by atoms with van der Waals surface area (Å²) in [5, 5.41) is 0. The van der Waals surface area contributed by atoms with Crippen LogP contribution in [0.4, 0.5) is 0 Å². The molecule has 0 aromatic carbocycles. The molecule has 0 bridgehead atoms. The monoisotopic (exact) mass is 260 g/mol. The van der Waals surface area contributed by atoms with Crippen LogP contribution in [0.2, 0.25) is 0 Å². The molecule has 0 saturated heterocycles. The van der Waals surface area contributed by atoms with Crippen molar-refractivity contribution >= 4 is 17.7 Å². The number of carbonyl (C=O) groups excluding carboxylic acids is 3. The molecular formula is C12H20O6. The molecule has 6 nitrogen and oxygen atoms in total. The average Bonchev–Trinajstić information content (AvgIpc) is 2.37. The normalized spacial score (nSPS) is 13.6. The molecule has 0 aliphatic carbocycles. The second-order valence-corrected chi connectivity index (χ2v) is 3.63. The van der Waals surface area contributed by atoms with Gasteiger partial charge < -0.3 is 14.2 Å². The Kier molecular flexibility index (Phi) is 7.94. The van der Waals surface area contributed by atoms with E-state index < -0.39 is 23.8 Å². The molecule has 0 radical (unpaired) electrons. The van der Waals surface area contributed by atoms with Gasteiger partial charge in [-0.1, -0.05) is 6.92 Å². The smallest absolute Gasteiger partial charge is 0.317 e. The van der Waals surface area contributed by atoms with Crippen LogP contribution in [0.1, 0.15) is 20.3 Å². The minimum atomic E-state index is -1.16. The molecule has 0 amide bonds. The minimum Gasteiger partial charge on any atom is -0.469 e. The standard InChI is InChI=1S/C12H20O6/c1-5-9(13)10(12(15)18-6-2)8(7-16-3)11(14)17-4/h8,10H,5-7H2,1-4H3/t8-,10-/m1/s1. The third kappa shape index (κ3) is 4.44. The van der Waals surface area contributed by atoms with E-state index in [1.54, 1.807) is 13.8 Å². The van der Waals surface area contributed by atoms with Gasteiger partial charge in [-0.3, -0.25) is 14.4 Å². The molecule has 0 fully saturated rings. The third-order valence-electron chi connectivity index (χ3n) is 2.49. The Labute approximate surface area is 107 Å². The molecule has 0 heterocycles. The number of hydrogen-bond acceptors (Lipinski definition) is 6. The van der Waals surface area contributed by atoms with E-state index in [-0.39, 0.29) is 25.4 Å². The summed E-state index contributed by atoms with van der Waals surface area (Å²) in [5.41, 5.74) is 0. The first kappa shape index (κ1) is 16.6. The fourth-order valence-electron chi connectivity index (χ4n) is 1.60. The molecular weight excluding hydrogens is 240 g/mol. The lowest BCUT2D eigenvalue weighted by atomic mass is 9.88. The zero-order valence-corrected chi connectivity index (χ0v) is 11.2. The number of Topliss-reactive ketones (excluding diaryl/α,β-unsaturated/α-hetero) is 1. The Bertz CT molecular complexity index is 299. The van der Waals surface area contributed by atoms with Crippen LogP contribution in [0.3, 0.4) is 0 Å². The summed E-state index contributed by atoms with van der Waals surface area (Å²) in [7, 11) is 2.58. The molecule has 0 spiro atoms. The van der Waals surface area contributed by atoms with Crippen LogP contribution in [0, 0.1) is 11.8 Å². The van der Waals surface area contributed by atoms with Crippen molar-refractivity contribution in [2.24, 2.45) is 11.8 Å². The fourth-order valence-corrected chi connectivity index (χ4v) is 1.60. The lowest BCUT2D eigenvalue weighted by Crippen LogP contribution is -2.39. The lowest BCUT2D eigenvalue weighted by Gasteiger charge is -2.21. The van der Waals surface area contributed by atoms with Crippen molar-refractivity contribution in [3.8, 4) is 0 Å². The van der Waals surface area contributed by atoms with Crippen LogP contribution in [0.15, 0.2) is 0 Å². The molecule has 0 aromatic heterocycles. The Morgan fingerprint density at radius 1 is 1.06 bits per heavy atom. The van der Waals surface area contributed by atoms with E-state index in [2.05, 4.69) is 4.74 Å². The second kappa shape index (κ2) is 8.63. The van der Waals surface area contributed by atoms with E-state index in [0.717, 1.165) is 0 Å². The van der Waals surface area contributed by atoms with Gasteiger partial charge in [-0.15, -0.1) is 0 Å². The summed E-state index contributed by atoms with van der Waals surface area (Å²) >= 11 is 0. The molecule has 0 saturated carbocycles. The predicted molar refractivity (Wildman–Crippen MR) is 62.8 cm³/mol. The van der Waals surface area contributed by atoms with Crippen molar-refractivity contribution in [1.29, 1.82) is 0 Å². The number of rotatable bonds is 8. The molecule has 0 aliphatic rings. The van der Waals surface area contributed by atoms with Gasteiger partial charge in [-0.2, -0.15) is 0 Å². The Morgan fingerprint density at radius 2 is 1.67 bits per heavy atom. The molecule has 18 heavy (non-hydrogen) atoms. The summed E-state index contributed by atoms with van der Waals surface area (Å²) in [6, 6.07) is 0. The molecule has 0 rings (SSSR count). The number of esters is 2. The van der Waals surface area contributed by atoms with E-state index in [9.17, 15) is 14.4 Å². The van der Waals surface area contributed by atoms with Gasteiger partial charge in [0.15, 0.2) is 0 Å². The van der Waals surface area contributed by atoms with Crippen LogP contribution in [0.5, 0.6) is 0 Å². The Balaban J connectivity index is 5.15. The van der Waals surface area contributed by atoms with Gasteiger partial charge in [-0.05, 0) is 6.92 Å². The zero-order chi connectivity index (χ0) is 14.1. The Morgan fingerprint density at radius 3 is 2.06 bits per heavy atom. The topological polar surface area (TPSA) is 78.9 Å². The van der Waals surface area contributed by atoms with Gasteiger partial charge in [0.1, 0.15) is 17.6 Å². The van der Waals surface area contributed by atoms with Gasteiger partial charge in [-0.25, -0.2) is 0 Å². The SMILES string of the molecule is CCOC(=O)[C@@H](C(=O)CC)[C@@H](COC)C(=O)OC. The van der Waals surface area contributed by atoms with Gasteiger partial charge in [0.2, 0.25) is 0 Å². The molecule has 0 unspecified atom stereocenters. The molecule has 0 aromatic rings. The van der Waals surface area contributed by atoms with E-state index in [1.165, 1.54) is 14.2 Å². The van der Waals surface area contributed by atoms with Gasteiger partial charge in [0, 0.05) is 13.5 Å². The maximum atomic E-state index is 11.8. The maximum Gasteiger partial charge on any atom is 0.317 e. The highest BCUT2D eigenvalue weighted by Gasteiger charge is 2.40. The van der Waals surface area contributed by atoms with Crippen LogP contribution in [0.25, 0.3) is 0 Å². The molecule has 6 heteroatoms. The number of ketones is 1. The summed E-state index contributed by atoms with van der Waals surface area (Å²) < 4.78 is 14.3. The zero-order valence-electron chi connectivity index (χ0n) is 11.2. The van der Waals surface area contributed by atoms with Crippen molar-refractivity contribution in [3.63, 3.8) is 0 Å². The van der Waals surface area contributed by atoms with E-state index in [0.29, 0.717) is 0 Å². The molecule has 0 N–H and O–H groups in total. The van der Waals surface area contributed by atoms with Crippen LogP contribution in [-0.2, 0) is 28.6 Å². The summed E-state index contributed by atoms with van der Waals surface area (Å²) in [5.74, 6) is -3.86. The highest BCUT2D eigenvalue weighted by atomic mass is 16.5. The molecule has 104 valence electrons. The first-order valence-electron chi connectivity index (χ1n) is 5.79. The summed E-state index contributed by atoms with van der Waals surface area (Å²) in [6.45, 7) is 3.33. The third-order valence-corrected chi connectivity index (χ3v) is 2.49. The second-order valence-electron chi connectivity index (χ2n) is 3.63. The minimum absolute atomic E-state index is 0.0676. The number of ether oxygens (including phenoxy) is 3. The van der Waals surface area contributed by atoms with Crippen molar-refractivity contribution in [2.75, 3.05) is 27.4 Å². The predicted octanol–water partition coefficient (Wildman–Crippen LogP) is 0.580. The molecule has 2 atom stereocenters. The van der Waals surface area contributed by atoms with Gasteiger partial charge in [0.05, 0.1) is 20.3 Å². The maximum absolute atomic E-state index is 11.8. The van der Waals surface area contributed by atoms with Crippen LogP contribution < -0.4 is 0 Å². The van der Waals surface area contributed by atoms with Crippen LogP contribution >= 0.6 is 0 Å². The van der Waals surface area contributed by atoms with Crippen molar-refractivity contribution in [1.82, 2.24) is 0 Å². The first-order chi connectivity index (χ1) is 8.53. The van der Waals surface area contributed by atoms with E-state index >= 15 is 0 Å².